The van der Waals surface area contributed by atoms with Crippen LogP contribution in [0, 0.1) is 0 Å². The van der Waals surface area contributed by atoms with Crippen LogP contribution in [0.5, 0.6) is 5.75 Å². The van der Waals surface area contributed by atoms with Gasteiger partial charge in [-0.3, -0.25) is 10.2 Å². The molecule has 3 aliphatic heterocycles. The van der Waals surface area contributed by atoms with Crippen LogP contribution in [0.15, 0.2) is 66.0 Å². The summed E-state index contributed by atoms with van der Waals surface area (Å²) in [4.78, 5) is 14.4. The summed E-state index contributed by atoms with van der Waals surface area (Å²) in [6.07, 6.45) is 0.670. The van der Waals surface area contributed by atoms with Gasteiger partial charge in [0.25, 0.3) is 0 Å². The number of hydrazine groups is 1. The van der Waals surface area contributed by atoms with Crippen LogP contribution in [0.4, 0.5) is 13.2 Å². The third-order valence-electron chi connectivity index (χ3n) is 6.71. The van der Waals surface area contributed by atoms with E-state index in [1.165, 1.54) is 18.2 Å². The lowest BCUT2D eigenvalue weighted by atomic mass is 9.99. The van der Waals surface area contributed by atoms with Gasteiger partial charge in [-0.15, -0.1) is 0 Å². The van der Waals surface area contributed by atoms with Gasteiger partial charge in [0.15, 0.2) is 0 Å². The van der Waals surface area contributed by atoms with Crippen LogP contribution < -0.4 is 20.9 Å². The van der Waals surface area contributed by atoms with Gasteiger partial charge in [-0.05, 0) is 35.7 Å². The van der Waals surface area contributed by atoms with Crippen LogP contribution in [0.1, 0.15) is 42.0 Å². The van der Waals surface area contributed by atoms with E-state index in [-0.39, 0.29) is 42.7 Å². The molecule has 2 aromatic carbocycles. The van der Waals surface area contributed by atoms with E-state index in [2.05, 4.69) is 26.3 Å². The molecule has 3 atom stereocenters. The number of amides is 1. The van der Waals surface area contributed by atoms with Crippen molar-refractivity contribution in [2.24, 2.45) is 5.10 Å². The van der Waals surface area contributed by atoms with Gasteiger partial charge in [0.1, 0.15) is 17.8 Å². The highest BCUT2D eigenvalue weighted by molar-refractivity contribution is 5.89. The molecule has 1 fully saturated rings. The summed E-state index contributed by atoms with van der Waals surface area (Å²) < 4.78 is 44.7. The molecule has 3 aliphatic rings. The molecule has 3 unspecified atom stereocenters. The van der Waals surface area contributed by atoms with Crippen molar-refractivity contribution in [3.63, 3.8) is 0 Å². The molecule has 0 spiro atoms. The van der Waals surface area contributed by atoms with Crippen molar-refractivity contribution >= 4 is 11.7 Å². The van der Waals surface area contributed by atoms with Crippen molar-refractivity contribution in [3.8, 4) is 5.75 Å². The Bertz CT molecular complexity index is 1170. The zero-order valence-electron chi connectivity index (χ0n) is 19.6. The quantitative estimate of drug-likeness (QED) is 0.541. The first-order chi connectivity index (χ1) is 17.3. The highest BCUT2D eigenvalue weighted by atomic mass is 19.4. The third-order valence-corrected chi connectivity index (χ3v) is 6.71. The van der Waals surface area contributed by atoms with Gasteiger partial charge in [0, 0.05) is 31.8 Å². The molecule has 0 radical (unpaired) electrons. The number of hydrazone groups is 1. The van der Waals surface area contributed by atoms with E-state index in [4.69, 9.17) is 4.74 Å². The first-order valence-electron chi connectivity index (χ1n) is 11.7. The number of benzene rings is 2. The molecular formula is C25H27F3N6O2. The maximum absolute atomic E-state index is 13.2. The number of nitrogens with one attached hydrogen (secondary N) is 3. The largest absolute Gasteiger partial charge is 0.497 e. The lowest BCUT2D eigenvalue weighted by molar-refractivity contribution is -0.138. The monoisotopic (exact) mass is 500 g/mol. The van der Waals surface area contributed by atoms with Crippen LogP contribution in [0.2, 0.25) is 0 Å². The number of nitrogens with zero attached hydrogens (tertiary/aromatic N) is 3. The lowest BCUT2D eigenvalue weighted by Gasteiger charge is -2.37. The standard InChI is InChI=1S/C25H27F3N6O2/c1-36-18-8-6-16(7-9-18)20-14-21-24-31-30-22(33(24)12-13-34(21)32-20)10-11-23(35)29-15-17-4-2-3-5-19(17)25(26,27)28/h2-9,12-13,20-21,24,31-32H,10-11,14-15H2,1H3,(H,29,35). The van der Waals surface area contributed by atoms with Crippen LogP contribution in [-0.4, -0.2) is 41.0 Å². The Kier molecular flexibility index (Phi) is 6.48. The fraction of sp³-hybridized carbons (Fsp3) is 0.360. The van der Waals surface area contributed by atoms with E-state index in [0.717, 1.165) is 29.6 Å². The Morgan fingerprint density at radius 2 is 1.94 bits per heavy atom. The Hall–Kier alpha value is -3.73. The number of methoxy groups -OCH3 is 1. The minimum Gasteiger partial charge on any atom is -0.497 e. The summed E-state index contributed by atoms with van der Waals surface area (Å²) >= 11 is 0. The first kappa shape index (κ1) is 24.0. The van der Waals surface area contributed by atoms with E-state index in [1.54, 1.807) is 7.11 Å². The number of fused-ring (bicyclic) bond motifs is 3. The molecule has 36 heavy (non-hydrogen) atoms. The molecule has 0 bridgehead atoms. The van der Waals surface area contributed by atoms with Crippen molar-refractivity contribution in [2.75, 3.05) is 7.11 Å². The normalized spacial score (nSPS) is 22.6. The van der Waals surface area contributed by atoms with Crippen LogP contribution in [0.3, 0.4) is 0 Å². The van der Waals surface area contributed by atoms with Crippen LogP contribution >= 0.6 is 0 Å². The summed E-state index contributed by atoms with van der Waals surface area (Å²) in [5, 5.41) is 9.11. The predicted molar refractivity (Wildman–Crippen MR) is 127 cm³/mol. The van der Waals surface area contributed by atoms with Crippen molar-refractivity contribution in [1.29, 1.82) is 0 Å². The van der Waals surface area contributed by atoms with Crippen LogP contribution in [0.25, 0.3) is 0 Å². The molecule has 1 saturated heterocycles. The number of amidine groups is 1. The molecule has 0 saturated carbocycles. The Morgan fingerprint density at radius 1 is 1.17 bits per heavy atom. The van der Waals surface area contributed by atoms with Gasteiger partial charge in [-0.1, -0.05) is 30.3 Å². The number of ether oxygens (including phenoxy) is 1. The third kappa shape index (κ3) is 4.83. The number of halogens is 3. The second-order valence-electron chi connectivity index (χ2n) is 8.90. The summed E-state index contributed by atoms with van der Waals surface area (Å²) in [7, 11) is 1.64. The van der Waals surface area contributed by atoms with Crippen molar-refractivity contribution < 1.29 is 22.7 Å². The molecule has 2 aromatic rings. The van der Waals surface area contributed by atoms with E-state index < -0.39 is 11.7 Å². The number of rotatable bonds is 7. The van der Waals surface area contributed by atoms with Gasteiger partial charge in [-0.2, -0.15) is 18.3 Å². The first-order valence-corrected chi connectivity index (χ1v) is 11.7. The topological polar surface area (TPSA) is 81.2 Å². The molecular weight excluding hydrogens is 473 g/mol. The predicted octanol–water partition coefficient (Wildman–Crippen LogP) is 3.46. The summed E-state index contributed by atoms with van der Waals surface area (Å²) in [5.74, 6) is 1.20. The maximum Gasteiger partial charge on any atom is 0.416 e. The van der Waals surface area contributed by atoms with Crippen LogP contribution in [-0.2, 0) is 17.5 Å². The van der Waals surface area contributed by atoms with E-state index in [9.17, 15) is 18.0 Å². The van der Waals surface area contributed by atoms with E-state index >= 15 is 0 Å². The fourth-order valence-electron chi connectivity index (χ4n) is 4.82. The molecule has 8 nitrogen and oxygen atoms in total. The molecule has 190 valence electrons. The second kappa shape index (κ2) is 9.73. The van der Waals surface area contributed by atoms with Crippen molar-refractivity contribution in [3.05, 3.63) is 77.6 Å². The number of hydrogen-bond acceptors (Lipinski definition) is 7. The minimum absolute atomic E-state index is 0.0393. The van der Waals surface area contributed by atoms with Gasteiger partial charge in [0.05, 0.1) is 24.8 Å². The minimum atomic E-state index is -4.46. The molecule has 5 rings (SSSR count). The Labute approximate surface area is 206 Å². The van der Waals surface area contributed by atoms with Gasteiger partial charge in [-0.25, -0.2) is 5.43 Å². The van der Waals surface area contributed by atoms with Gasteiger partial charge >= 0.3 is 6.18 Å². The Morgan fingerprint density at radius 3 is 2.69 bits per heavy atom. The zero-order chi connectivity index (χ0) is 25.3. The summed E-state index contributed by atoms with van der Waals surface area (Å²) in [5.41, 5.74) is 7.16. The zero-order valence-corrected chi connectivity index (χ0v) is 19.6. The molecule has 3 N–H and O–H groups in total. The average Bonchev–Trinajstić information content (AvgIpc) is 3.50. The molecule has 3 heterocycles. The lowest BCUT2D eigenvalue weighted by Crippen LogP contribution is -2.54. The van der Waals surface area contributed by atoms with Gasteiger partial charge < -0.3 is 20.0 Å². The number of hydrogen-bond donors (Lipinski definition) is 3. The molecule has 0 aromatic heterocycles. The highest BCUT2D eigenvalue weighted by Crippen LogP contribution is 2.35. The number of carbonyl (C=O) groups is 1. The van der Waals surface area contributed by atoms with Crippen molar-refractivity contribution in [1.82, 2.24) is 26.1 Å². The fourth-order valence-corrected chi connectivity index (χ4v) is 4.82. The highest BCUT2D eigenvalue weighted by Gasteiger charge is 2.44. The maximum atomic E-state index is 13.2. The number of carbonyl (C=O) groups excluding carboxylic acids is 1. The van der Waals surface area contributed by atoms with E-state index in [1.807, 2.05) is 41.6 Å². The Balaban J connectivity index is 1.14. The second-order valence-corrected chi connectivity index (χ2v) is 8.90. The van der Waals surface area contributed by atoms with E-state index in [0.29, 0.717) is 6.42 Å². The number of alkyl halides is 3. The molecule has 11 heteroatoms. The summed E-state index contributed by atoms with van der Waals surface area (Å²) in [6.45, 7) is -0.180. The molecule has 1 amide bonds. The van der Waals surface area contributed by atoms with Gasteiger partial charge in [0.2, 0.25) is 5.91 Å². The smallest absolute Gasteiger partial charge is 0.416 e. The summed E-state index contributed by atoms with van der Waals surface area (Å²) in [6, 6.07) is 13.5. The van der Waals surface area contributed by atoms with Crippen molar-refractivity contribution in [2.45, 2.75) is 50.2 Å². The SMILES string of the molecule is COc1ccc(C2CC3C4NN=C(CCC(=O)NCc5ccccc5C(F)(F)F)N4C=CN3N2)cc1. The average molecular weight is 501 g/mol. The molecule has 0 aliphatic carbocycles.